The van der Waals surface area contributed by atoms with Gasteiger partial charge in [-0.05, 0) is 19.1 Å². The third-order valence-electron chi connectivity index (χ3n) is 1.95. The molecule has 0 saturated heterocycles. The first-order valence-corrected chi connectivity index (χ1v) is 3.95. The average molecular weight is 198 g/mol. The molecule has 0 saturated carbocycles. The molecule has 0 radical (unpaired) electrons. The normalized spacial score (nSPS) is 10.0. The Labute approximate surface area is 83.0 Å². The zero-order valence-corrected chi connectivity index (χ0v) is 8.21. The number of nitrogens with two attached hydrogens (primary N) is 1. The van der Waals surface area contributed by atoms with Crippen LogP contribution in [0.5, 0.6) is 0 Å². The van der Waals surface area contributed by atoms with Crippen LogP contribution in [-0.2, 0) is 6.54 Å². The van der Waals surface area contributed by atoms with E-state index in [-0.39, 0.29) is 12.4 Å². The van der Waals surface area contributed by atoms with Gasteiger partial charge in [0.1, 0.15) is 5.65 Å². The van der Waals surface area contributed by atoms with Crippen molar-refractivity contribution >= 4 is 18.1 Å². The van der Waals surface area contributed by atoms with E-state index in [1.54, 1.807) is 0 Å². The van der Waals surface area contributed by atoms with E-state index in [0.717, 1.165) is 11.3 Å². The molecule has 0 amide bonds. The first-order chi connectivity index (χ1) is 5.81. The second kappa shape index (κ2) is 3.77. The van der Waals surface area contributed by atoms with Gasteiger partial charge in [0.15, 0.2) is 0 Å². The van der Waals surface area contributed by atoms with Crippen molar-refractivity contribution in [2.24, 2.45) is 5.73 Å². The van der Waals surface area contributed by atoms with Crippen LogP contribution in [0, 0.1) is 6.92 Å². The summed E-state index contributed by atoms with van der Waals surface area (Å²) >= 11 is 0. The van der Waals surface area contributed by atoms with E-state index in [2.05, 4.69) is 18.0 Å². The second-order valence-corrected chi connectivity index (χ2v) is 2.83. The molecule has 2 rings (SSSR count). The first-order valence-electron chi connectivity index (χ1n) is 3.95. The lowest BCUT2D eigenvalue weighted by atomic mass is 10.4. The number of rotatable bonds is 1. The molecule has 0 aliphatic rings. The number of aryl methyl sites for hydroxylation is 1. The predicted molar refractivity (Wildman–Crippen MR) is 55.1 cm³/mol. The maximum Gasteiger partial charge on any atom is 0.137 e. The molecule has 0 bridgehead atoms. The summed E-state index contributed by atoms with van der Waals surface area (Å²) in [5, 5.41) is 0. The lowest BCUT2D eigenvalue weighted by molar-refractivity contribution is 1.01. The number of imidazole rings is 1. The zero-order chi connectivity index (χ0) is 8.55. The van der Waals surface area contributed by atoms with Crippen molar-refractivity contribution in [1.29, 1.82) is 0 Å². The molecule has 13 heavy (non-hydrogen) atoms. The minimum Gasteiger partial charge on any atom is -0.325 e. The number of halogens is 1. The summed E-state index contributed by atoms with van der Waals surface area (Å²) in [6, 6.07) is 6.03. The predicted octanol–water partition coefficient (Wildman–Crippen LogP) is 1.52. The van der Waals surface area contributed by atoms with E-state index in [4.69, 9.17) is 5.73 Å². The number of nitrogens with zero attached hydrogens (tertiary/aromatic N) is 2. The molecule has 2 aromatic rings. The van der Waals surface area contributed by atoms with Gasteiger partial charge in [-0.3, -0.25) is 0 Å². The maximum absolute atomic E-state index is 5.49. The van der Waals surface area contributed by atoms with Gasteiger partial charge in [-0.2, -0.15) is 0 Å². The highest BCUT2D eigenvalue weighted by molar-refractivity contribution is 5.85. The van der Waals surface area contributed by atoms with E-state index < -0.39 is 0 Å². The highest BCUT2D eigenvalue weighted by Gasteiger charge is 1.99. The molecule has 2 N–H and O–H groups in total. The Morgan fingerprint density at radius 3 is 2.85 bits per heavy atom. The van der Waals surface area contributed by atoms with Crippen LogP contribution in [0.2, 0.25) is 0 Å². The molecule has 0 spiro atoms. The van der Waals surface area contributed by atoms with Gasteiger partial charge < -0.3 is 10.1 Å². The molecule has 0 aromatic carbocycles. The lowest BCUT2D eigenvalue weighted by Crippen LogP contribution is -1.95. The largest absolute Gasteiger partial charge is 0.325 e. The topological polar surface area (TPSA) is 43.3 Å². The Balaban J connectivity index is 0.000000845. The van der Waals surface area contributed by atoms with Crippen molar-refractivity contribution in [3.05, 3.63) is 35.8 Å². The highest BCUT2D eigenvalue weighted by Crippen LogP contribution is 2.07. The Hall–Kier alpha value is -1.06. The van der Waals surface area contributed by atoms with Gasteiger partial charge >= 0.3 is 0 Å². The Bertz CT molecular complexity index is 408. The molecule has 70 valence electrons. The van der Waals surface area contributed by atoms with Crippen molar-refractivity contribution < 1.29 is 0 Å². The van der Waals surface area contributed by atoms with Gasteiger partial charge in [0.25, 0.3) is 0 Å². The molecule has 0 atom stereocenters. The van der Waals surface area contributed by atoms with Gasteiger partial charge in [-0.1, -0.05) is 6.07 Å². The van der Waals surface area contributed by atoms with E-state index >= 15 is 0 Å². The summed E-state index contributed by atoms with van der Waals surface area (Å²) in [7, 11) is 0. The second-order valence-electron chi connectivity index (χ2n) is 2.83. The fourth-order valence-electron chi connectivity index (χ4n) is 1.30. The number of hydrogen-bond acceptors (Lipinski definition) is 2. The highest BCUT2D eigenvalue weighted by atomic mass is 35.5. The lowest BCUT2D eigenvalue weighted by Gasteiger charge is -1.95. The molecule has 2 aromatic heterocycles. The molecular weight excluding hydrogens is 186 g/mol. The number of fused-ring (bicyclic) bond motifs is 1. The molecule has 4 heteroatoms. The molecule has 0 unspecified atom stereocenters. The minimum atomic E-state index is 0. The van der Waals surface area contributed by atoms with Crippen LogP contribution >= 0.6 is 12.4 Å². The number of hydrogen-bond donors (Lipinski definition) is 1. The third kappa shape index (κ3) is 1.66. The third-order valence-corrected chi connectivity index (χ3v) is 1.95. The number of aromatic nitrogens is 2. The van der Waals surface area contributed by atoms with Crippen molar-refractivity contribution in [2.75, 3.05) is 0 Å². The van der Waals surface area contributed by atoms with Crippen molar-refractivity contribution in [3.8, 4) is 0 Å². The van der Waals surface area contributed by atoms with Crippen molar-refractivity contribution in [1.82, 2.24) is 9.38 Å². The van der Waals surface area contributed by atoms with E-state index in [1.807, 2.05) is 22.7 Å². The van der Waals surface area contributed by atoms with E-state index in [9.17, 15) is 0 Å². The van der Waals surface area contributed by atoms with Crippen LogP contribution in [0.25, 0.3) is 5.65 Å². The fraction of sp³-hybridized carbons (Fsp3) is 0.222. The average Bonchev–Trinajstić information content (AvgIpc) is 2.49. The fourth-order valence-corrected chi connectivity index (χ4v) is 1.30. The summed E-state index contributed by atoms with van der Waals surface area (Å²) in [4.78, 5) is 4.33. The molecule has 2 heterocycles. The number of pyridine rings is 1. The summed E-state index contributed by atoms with van der Waals surface area (Å²) < 4.78 is 2.04. The first kappa shape index (κ1) is 10.0. The van der Waals surface area contributed by atoms with Crippen LogP contribution in [0.1, 0.15) is 11.4 Å². The van der Waals surface area contributed by atoms with Crippen LogP contribution in [0.3, 0.4) is 0 Å². The minimum absolute atomic E-state index is 0. The molecule has 3 nitrogen and oxygen atoms in total. The van der Waals surface area contributed by atoms with Gasteiger partial charge in [0.2, 0.25) is 0 Å². The molecule has 0 aliphatic carbocycles. The zero-order valence-electron chi connectivity index (χ0n) is 7.40. The molecule has 0 aliphatic heterocycles. The van der Waals surface area contributed by atoms with Gasteiger partial charge in [-0.15, -0.1) is 12.4 Å². The van der Waals surface area contributed by atoms with Crippen molar-refractivity contribution in [2.45, 2.75) is 13.5 Å². The van der Waals surface area contributed by atoms with E-state index in [1.165, 1.54) is 5.69 Å². The summed E-state index contributed by atoms with van der Waals surface area (Å²) in [6.07, 6.45) is 1.98. The Morgan fingerprint density at radius 2 is 2.23 bits per heavy atom. The summed E-state index contributed by atoms with van der Waals surface area (Å²) in [5.74, 6) is 0. The monoisotopic (exact) mass is 197 g/mol. The summed E-state index contributed by atoms with van der Waals surface area (Å²) in [5.41, 5.74) is 8.57. The maximum atomic E-state index is 5.49. The van der Waals surface area contributed by atoms with E-state index in [0.29, 0.717) is 6.54 Å². The molecular formula is C9H12ClN3. The van der Waals surface area contributed by atoms with Crippen LogP contribution in [-0.4, -0.2) is 9.38 Å². The van der Waals surface area contributed by atoms with Gasteiger partial charge in [0, 0.05) is 18.4 Å². The molecule has 0 fully saturated rings. The smallest absolute Gasteiger partial charge is 0.137 e. The van der Waals surface area contributed by atoms with Crippen LogP contribution in [0.4, 0.5) is 0 Å². The van der Waals surface area contributed by atoms with Gasteiger partial charge in [0.05, 0.1) is 5.69 Å². The van der Waals surface area contributed by atoms with Crippen molar-refractivity contribution in [3.63, 3.8) is 0 Å². The van der Waals surface area contributed by atoms with Crippen LogP contribution < -0.4 is 5.73 Å². The quantitative estimate of drug-likeness (QED) is 0.754. The SMILES string of the molecule is Cc1cccc2nc(CN)cn12.Cl. The van der Waals surface area contributed by atoms with Crippen LogP contribution in [0.15, 0.2) is 24.4 Å². The standard InChI is InChI=1S/C9H11N3.ClH/c1-7-3-2-4-9-11-8(5-10)6-12(7)9;/h2-4,6H,5,10H2,1H3;1H. The van der Waals surface area contributed by atoms with Gasteiger partial charge in [-0.25, -0.2) is 4.98 Å². The Kier molecular flexibility index (Phi) is 2.90. The summed E-state index contributed by atoms with van der Waals surface area (Å²) in [6.45, 7) is 2.55. The Morgan fingerprint density at radius 1 is 1.46 bits per heavy atom.